The van der Waals surface area contributed by atoms with Crippen molar-refractivity contribution in [3.63, 3.8) is 0 Å². The molecule has 0 aliphatic heterocycles. The summed E-state index contributed by atoms with van der Waals surface area (Å²) in [5, 5.41) is 11.6. The number of hydrogen-bond acceptors (Lipinski definition) is 2. The van der Waals surface area contributed by atoms with Crippen LogP contribution in [0.4, 0.5) is 0 Å². The highest BCUT2D eigenvalue weighted by atomic mass is 16.4. The van der Waals surface area contributed by atoms with Gasteiger partial charge in [0.05, 0.1) is 6.21 Å². The molecule has 0 amide bonds. The summed E-state index contributed by atoms with van der Waals surface area (Å²) < 4.78 is 0. The lowest BCUT2D eigenvalue weighted by Gasteiger charge is -2.29. The van der Waals surface area contributed by atoms with E-state index in [4.69, 9.17) is 5.21 Å². The van der Waals surface area contributed by atoms with Gasteiger partial charge in [0.15, 0.2) is 0 Å². The Balaban J connectivity index is 2.82. The van der Waals surface area contributed by atoms with Gasteiger partial charge in [-0.1, -0.05) is 17.7 Å². The van der Waals surface area contributed by atoms with E-state index in [2.05, 4.69) is 24.7 Å². The molecule has 0 aromatic rings. The summed E-state index contributed by atoms with van der Waals surface area (Å²) in [4.78, 5) is 0. The molecule has 0 aromatic heterocycles. The SMILES string of the molecule is C=CC1(/C=N/O)CCC=C(C)C1. The summed E-state index contributed by atoms with van der Waals surface area (Å²) in [6.07, 6.45) is 8.68. The number of nitrogens with zero attached hydrogens (tertiary/aromatic N) is 1. The number of allylic oxidation sites excluding steroid dienone is 3. The van der Waals surface area contributed by atoms with Crippen LogP contribution in [0.3, 0.4) is 0 Å². The molecule has 0 saturated carbocycles. The summed E-state index contributed by atoms with van der Waals surface area (Å²) in [5.74, 6) is 0. The molecule has 0 aromatic carbocycles. The van der Waals surface area contributed by atoms with E-state index in [9.17, 15) is 0 Å². The van der Waals surface area contributed by atoms with Crippen molar-refractivity contribution in [3.05, 3.63) is 24.3 Å². The van der Waals surface area contributed by atoms with Crippen LogP contribution in [-0.4, -0.2) is 11.4 Å². The number of rotatable bonds is 2. The maximum Gasteiger partial charge on any atom is 0.0538 e. The molecule has 2 nitrogen and oxygen atoms in total. The van der Waals surface area contributed by atoms with Crippen LogP contribution in [0.25, 0.3) is 0 Å². The standard InChI is InChI=1S/C10H15NO/c1-3-10(8-11-12)6-4-5-9(2)7-10/h3,5,8,12H,1,4,6-7H2,2H3/b11-8+. The minimum atomic E-state index is -0.104. The summed E-state index contributed by atoms with van der Waals surface area (Å²) in [6.45, 7) is 5.88. The monoisotopic (exact) mass is 165 g/mol. The molecular weight excluding hydrogens is 150 g/mol. The van der Waals surface area contributed by atoms with Gasteiger partial charge in [0.25, 0.3) is 0 Å². The first-order valence-electron chi connectivity index (χ1n) is 4.20. The van der Waals surface area contributed by atoms with Crippen LogP contribution in [0.2, 0.25) is 0 Å². The molecule has 1 atom stereocenters. The van der Waals surface area contributed by atoms with Crippen LogP contribution < -0.4 is 0 Å². The fourth-order valence-corrected chi connectivity index (χ4v) is 1.72. The van der Waals surface area contributed by atoms with E-state index in [-0.39, 0.29) is 5.41 Å². The molecule has 1 unspecified atom stereocenters. The van der Waals surface area contributed by atoms with Gasteiger partial charge in [-0.2, -0.15) is 0 Å². The van der Waals surface area contributed by atoms with E-state index in [1.165, 1.54) is 5.57 Å². The van der Waals surface area contributed by atoms with Crippen LogP contribution in [0, 0.1) is 5.41 Å². The molecule has 0 radical (unpaired) electrons. The molecule has 1 N–H and O–H groups in total. The Morgan fingerprint density at radius 1 is 1.75 bits per heavy atom. The van der Waals surface area contributed by atoms with Gasteiger partial charge in [0.2, 0.25) is 0 Å². The Bertz CT molecular complexity index is 230. The van der Waals surface area contributed by atoms with Crippen molar-refractivity contribution in [3.8, 4) is 0 Å². The molecule has 2 heteroatoms. The van der Waals surface area contributed by atoms with Gasteiger partial charge >= 0.3 is 0 Å². The van der Waals surface area contributed by atoms with Crippen molar-refractivity contribution in [2.24, 2.45) is 10.6 Å². The first kappa shape index (κ1) is 9.04. The second-order valence-electron chi connectivity index (χ2n) is 3.45. The highest BCUT2D eigenvalue weighted by Gasteiger charge is 2.26. The summed E-state index contributed by atoms with van der Waals surface area (Å²) in [7, 11) is 0. The lowest BCUT2D eigenvalue weighted by atomic mass is 9.75. The quantitative estimate of drug-likeness (QED) is 0.290. The van der Waals surface area contributed by atoms with E-state index in [0.717, 1.165) is 19.3 Å². The van der Waals surface area contributed by atoms with Crippen molar-refractivity contribution in [1.82, 2.24) is 0 Å². The first-order chi connectivity index (χ1) is 5.72. The molecule has 1 aliphatic rings. The van der Waals surface area contributed by atoms with Gasteiger partial charge < -0.3 is 5.21 Å². The molecule has 12 heavy (non-hydrogen) atoms. The topological polar surface area (TPSA) is 32.6 Å². The molecule has 0 fully saturated rings. The normalized spacial score (nSPS) is 30.2. The van der Waals surface area contributed by atoms with Gasteiger partial charge in [0.1, 0.15) is 0 Å². The predicted molar refractivity (Wildman–Crippen MR) is 50.5 cm³/mol. The van der Waals surface area contributed by atoms with E-state index in [1.807, 2.05) is 6.08 Å². The Kier molecular flexibility index (Phi) is 2.69. The van der Waals surface area contributed by atoms with Crippen LogP contribution in [0.15, 0.2) is 29.5 Å². The smallest absolute Gasteiger partial charge is 0.0538 e. The summed E-state index contributed by atoms with van der Waals surface area (Å²) in [6, 6.07) is 0. The Morgan fingerprint density at radius 3 is 3.00 bits per heavy atom. The zero-order valence-corrected chi connectivity index (χ0v) is 7.45. The average Bonchev–Trinajstić information content (AvgIpc) is 2.05. The van der Waals surface area contributed by atoms with Crippen molar-refractivity contribution in [2.45, 2.75) is 26.2 Å². The second-order valence-corrected chi connectivity index (χ2v) is 3.45. The molecule has 1 aliphatic carbocycles. The van der Waals surface area contributed by atoms with Crippen LogP contribution in [0.5, 0.6) is 0 Å². The van der Waals surface area contributed by atoms with E-state index in [0.29, 0.717) is 0 Å². The van der Waals surface area contributed by atoms with Crippen LogP contribution in [0.1, 0.15) is 26.2 Å². The molecule has 0 spiro atoms. The third kappa shape index (κ3) is 1.76. The predicted octanol–water partition coefficient (Wildman–Crippen LogP) is 2.75. The van der Waals surface area contributed by atoms with Crippen molar-refractivity contribution >= 4 is 6.21 Å². The molecular formula is C10H15NO. The fourth-order valence-electron chi connectivity index (χ4n) is 1.72. The molecule has 0 saturated heterocycles. The number of hydrogen-bond donors (Lipinski definition) is 1. The van der Waals surface area contributed by atoms with Crippen LogP contribution in [-0.2, 0) is 0 Å². The van der Waals surface area contributed by atoms with Gasteiger partial charge in [-0.15, -0.1) is 11.7 Å². The zero-order valence-electron chi connectivity index (χ0n) is 7.45. The van der Waals surface area contributed by atoms with Crippen LogP contribution >= 0.6 is 0 Å². The minimum Gasteiger partial charge on any atom is -0.411 e. The third-order valence-corrected chi connectivity index (χ3v) is 2.43. The summed E-state index contributed by atoms with van der Waals surface area (Å²) in [5.41, 5.74) is 1.24. The Labute approximate surface area is 73.3 Å². The van der Waals surface area contributed by atoms with Gasteiger partial charge in [-0.25, -0.2) is 0 Å². The highest BCUT2D eigenvalue weighted by Crippen LogP contribution is 2.35. The van der Waals surface area contributed by atoms with E-state index in [1.54, 1.807) is 6.21 Å². The maximum atomic E-state index is 8.50. The van der Waals surface area contributed by atoms with E-state index >= 15 is 0 Å². The van der Waals surface area contributed by atoms with Crippen molar-refractivity contribution in [1.29, 1.82) is 0 Å². The fraction of sp³-hybridized carbons (Fsp3) is 0.500. The lowest BCUT2D eigenvalue weighted by Crippen LogP contribution is -2.22. The Hall–Kier alpha value is -1.05. The van der Waals surface area contributed by atoms with E-state index < -0.39 is 0 Å². The minimum absolute atomic E-state index is 0.104. The first-order valence-corrected chi connectivity index (χ1v) is 4.20. The largest absolute Gasteiger partial charge is 0.411 e. The molecule has 0 heterocycles. The number of oxime groups is 1. The van der Waals surface area contributed by atoms with Gasteiger partial charge in [0, 0.05) is 5.41 Å². The molecule has 66 valence electrons. The van der Waals surface area contributed by atoms with Gasteiger partial charge in [-0.3, -0.25) is 0 Å². The van der Waals surface area contributed by atoms with Gasteiger partial charge in [-0.05, 0) is 26.2 Å². The third-order valence-electron chi connectivity index (χ3n) is 2.43. The van der Waals surface area contributed by atoms with Crippen molar-refractivity contribution < 1.29 is 5.21 Å². The molecule has 1 rings (SSSR count). The highest BCUT2D eigenvalue weighted by molar-refractivity contribution is 5.68. The average molecular weight is 165 g/mol. The maximum absolute atomic E-state index is 8.50. The summed E-state index contributed by atoms with van der Waals surface area (Å²) >= 11 is 0. The zero-order chi connectivity index (χ0) is 9.03. The van der Waals surface area contributed by atoms with Crippen molar-refractivity contribution in [2.75, 3.05) is 0 Å². The Morgan fingerprint density at radius 2 is 2.50 bits per heavy atom. The lowest BCUT2D eigenvalue weighted by molar-refractivity contribution is 0.312. The molecule has 0 bridgehead atoms. The second kappa shape index (κ2) is 3.57.